The van der Waals surface area contributed by atoms with E-state index in [4.69, 9.17) is 9.47 Å². The Labute approximate surface area is 85.8 Å². The largest absolute Gasteiger partial charge is 0.496 e. The van der Waals surface area contributed by atoms with Crippen molar-refractivity contribution in [2.24, 2.45) is 0 Å². The van der Waals surface area contributed by atoms with E-state index < -0.39 is 0 Å². The maximum Gasteiger partial charge on any atom is 0.124 e. The minimum Gasteiger partial charge on any atom is -0.496 e. The first kappa shape index (κ1) is 11.1. The van der Waals surface area contributed by atoms with Gasteiger partial charge in [0.2, 0.25) is 0 Å². The lowest BCUT2D eigenvalue weighted by Crippen LogP contribution is -1.96. The smallest absolute Gasteiger partial charge is 0.124 e. The van der Waals surface area contributed by atoms with Crippen molar-refractivity contribution in [2.45, 2.75) is 26.4 Å². The van der Waals surface area contributed by atoms with E-state index in [0.717, 1.165) is 11.3 Å². The number of benzene rings is 1. The Balaban J connectivity index is 2.98. The third kappa shape index (κ3) is 2.48. The van der Waals surface area contributed by atoms with Gasteiger partial charge in [0, 0.05) is 12.7 Å². The van der Waals surface area contributed by atoms with Crippen LogP contribution in [0, 0.1) is 0 Å². The second-order valence-electron chi connectivity index (χ2n) is 3.66. The zero-order chi connectivity index (χ0) is 10.6. The fraction of sp³-hybridized carbons (Fsp3) is 0.500. The first-order valence-corrected chi connectivity index (χ1v) is 4.84. The number of methoxy groups -OCH3 is 2. The van der Waals surface area contributed by atoms with E-state index >= 15 is 0 Å². The standard InChI is InChI=1S/C12H18O2/c1-9(2)10-5-6-11(8-13-3)12(7-10)14-4/h5-7,9H,8H2,1-4H3. The topological polar surface area (TPSA) is 18.5 Å². The zero-order valence-corrected chi connectivity index (χ0v) is 9.33. The Morgan fingerprint density at radius 1 is 1.21 bits per heavy atom. The Morgan fingerprint density at radius 3 is 2.43 bits per heavy atom. The summed E-state index contributed by atoms with van der Waals surface area (Å²) in [7, 11) is 3.38. The third-order valence-corrected chi connectivity index (χ3v) is 2.28. The first-order chi connectivity index (χ1) is 6.69. The van der Waals surface area contributed by atoms with Gasteiger partial charge in [-0.05, 0) is 17.5 Å². The molecule has 1 aromatic carbocycles. The van der Waals surface area contributed by atoms with Crippen molar-refractivity contribution in [2.75, 3.05) is 14.2 Å². The van der Waals surface area contributed by atoms with E-state index in [1.165, 1.54) is 5.56 Å². The predicted molar refractivity (Wildman–Crippen MR) is 57.8 cm³/mol. The molecule has 0 aromatic heterocycles. The molecular weight excluding hydrogens is 176 g/mol. The highest BCUT2D eigenvalue weighted by atomic mass is 16.5. The number of hydrogen-bond acceptors (Lipinski definition) is 2. The molecule has 0 radical (unpaired) electrons. The van der Waals surface area contributed by atoms with Crippen molar-refractivity contribution >= 4 is 0 Å². The van der Waals surface area contributed by atoms with Crippen LogP contribution < -0.4 is 4.74 Å². The highest BCUT2D eigenvalue weighted by Gasteiger charge is 2.06. The summed E-state index contributed by atoms with van der Waals surface area (Å²) < 4.78 is 10.4. The summed E-state index contributed by atoms with van der Waals surface area (Å²) in [6.07, 6.45) is 0. The highest BCUT2D eigenvalue weighted by molar-refractivity contribution is 5.38. The third-order valence-electron chi connectivity index (χ3n) is 2.28. The van der Waals surface area contributed by atoms with Crippen molar-refractivity contribution in [1.29, 1.82) is 0 Å². The summed E-state index contributed by atoms with van der Waals surface area (Å²) in [5, 5.41) is 0. The van der Waals surface area contributed by atoms with E-state index in [1.54, 1.807) is 14.2 Å². The van der Waals surface area contributed by atoms with Gasteiger partial charge in [-0.1, -0.05) is 26.0 Å². The zero-order valence-electron chi connectivity index (χ0n) is 9.33. The van der Waals surface area contributed by atoms with Gasteiger partial charge in [-0.2, -0.15) is 0 Å². The predicted octanol–water partition coefficient (Wildman–Crippen LogP) is 2.97. The van der Waals surface area contributed by atoms with Gasteiger partial charge < -0.3 is 9.47 Å². The molecule has 0 saturated carbocycles. The molecule has 0 spiro atoms. The van der Waals surface area contributed by atoms with Gasteiger partial charge in [-0.25, -0.2) is 0 Å². The fourth-order valence-electron chi connectivity index (χ4n) is 1.40. The summed E-state index contributed by atoms with van der Waals surface area (Å²) in [5.41, 5.74) is 2.39. The number of rotatable bonds is 4. The molecule has 78 valence electrons. The molecular formula is C12H18O2. The van der Waals surface area contributed by atoms with Crippen LogP contribution in [0.2, 0.25) is 0 Å². The number of ether oxygens (including phenoxy) is 2. The molecule has 0 fully saturated rings. The monoisotopic (exact) mass is 194 g/mol. The Morgan fingerprint density at radius 2 is 1.93 bits per heavy atom. The first-order valence-electron chi connectivity index (χ1n) is 4.84. The van der Waals surface area contributed by atoms with Gasteiger partial charge in [0.15, 0.2) is 0 Å². The highest BCUT2D eigenvalue weighted by Crippen LogP contribution is 2.24. The second-order valence-corrected chi connectivity index (χ2v) is 3.66. The van der Waals surface area contributed by atoms with E-state index in [2.05, 4.69) is 32.0 Å². The molecule has 0 atom stereocenters. The SMILES string of the molecule is COCc1ccc(C(C)C)cc1OC. The van der Waals surface area contributed by atoms with Crippen molar-refractivity contribution in [3.63, 3.8) is 0 Å². The minimum absolute atomic E-state index is 0.528. The molecule has 0 amide bonds. The molecule has 2 heteroatoms. The van der Waals surface area contributed by atoms with Crippen LogP contribution in [0.15, 0.2) is 18.2 Å². The minimum atomic E-state index is 0.528. The van der Waals surface area contributed by atoms with E-state index in [1.807, 2.05) is 0 Å². The number of hydrogen-bond donors (Lipinski definition) is 0. The summed E-state index contributed by atoms with van der Waals surface area (Å²) in [6, 6.07) is 6.28. The van der Waals surface area contributed by atoms with Gasteiger partial charge in [0.1, 0.15) is 5.75 Å². The average Bonchev–Trinajstić information content (AvgIpc) is 2.18. The lowest BCUT2D eigenvalue weighted by atomic mass is 10.0. The molecule has 1 rings (SSSR count). The second kappa shape index (κ2) is 5.01. The van der Waals surface area contributed by atoms with Gasteiger partial charge >= 0.3 is 0 Å². The Bertz CT molecular complexity index is 292. The van der Waals surface area contributed by atoms with Gasteiger partial charge in [0.05, 0.1) is 13.7 Å². The van der Waals surface area contributed by atoms with E-state index in [-0.39, 0.29) is 0 Å². The van der Waals surface area contributed by atoms with Crippen molar-refractivity contribution in [3.8, 4) is 5.75 Å². The van der Waals surface area contributed by atoms with E-state index in [9.17, 15) is 0 Å². The fourth-order valence-corrected chi connectivity index (χ4v) is 1.40. The molecule has 0 aliphatic carbocycles. The van der Waals surface area contributed by atoms with Crippen molar-refractivity contribution in [1.82, 2.24) is 0 Å². The lowest BCUT2D eigenvalue weighted by Gasteiger charge is -2.11. The van der Waals surface area contributed by atoms with Crippen molar-refractivity contribution in [3.05, 3.63) is 29.3 Å². The van der Waals surface area contributed by atoms with Crippen LogP contribution in [0.3, 0.4) is 0 Å². The van der Waals surface area contributed by atoms with Crippen LogP contribution in [-0.4, -0.2) is 14.2 Å². The molecule has 0 heterocycles. The normalized spacial score (nSPS) is 10.6. The molecule has 0 N–H and O–H groups in total. The van der Waals surface area contributed by atoms with Crippen LogP contribution in [0.1, 0.15) is 30.9 Å². The van der Waals surface area contributed by atoms with Gasteiger partial charge in [0.25, 0.3) is 0 Å². The van der Waals surface area contributed by atoms with E-state index in [0.29, 0.717) is 12.5 Å². The molecule has 0 aliphatic rings. The van der Waals surface area contributed by atoms with Crippen LogP contribution in [0.25, 0.3) is 0 Å². The van der Waals surface area contributed by atoms with Gasteiger partial charge in [-0.3, -0.25) is 0 Å². The summed E-state index contributed by atoms with van der Waals surface area (Å²) in [5.74, 6) is 1.44. The lowest BCUT2D eigenvalue weighted by molar-refractivity contribution is 0.181. The molecule has 0 aliphatic heterocycles. The maximum atomic E-state index is 5.31. The Kier molecular flexibility index (Phi) is 3.96. The summed E-state index contributed by atoms with van der Waals surface area (Å²) in [6.45, 7) is 4.94. The summed E-state index contributed by atoms with van der Waals surface area (Å²) in [4.78, 5) is 0. The summed E-state index contributed by atoms with van der Waals surface area (Å²) >= 11 is 0. The van der Waals surface area contributed by atoms with Crippen LogP contribution in [-0.2, 0) is 11.3 Å². The Hall–Kier alpha value is -1.02. The molecule has 0 unspecified atom stereocenters. The molecule has 1 aromatic rings. The van der Waals surface area contributed by atoms with Gasteiger partial charge in [-0.15, -0.1) is 0 Å². The van der Waals surface area contributed by atoms with Crippen LogP contribution in [0.5, 0.6) is 5.75 Å². The maximum absolute atomic E-state index is 5.31. The van der Waals surface area contributed by atoms with Crippen LogP contribution in [0.4, 0.5) is 0 Å². The molecule has 0 saturated heterocycles. The van der Waals surface area contributed by atoms with Crippen LogP contribution >= 0.6 is 0 Å². The molecule has 14 heavy (non-hydrogen) atoms. The molecule has 2 nitrogen and oxygen atoms in total. The quantitative estimate of drug-likeness (QED) is 0.733. The van der Waals surface area contributed by atoms with Crippen molar-refractivity contribution < 1.29 is 9.47 Å². The average molecular weight is 194 g/mol. The molecule has 0 bridgehead atoms.